The highest BCUT2D eigenvalue weighted by Gasteiger charge is 2.17. The minimum absolute atomic E-state index is 0.249. The van der Waals surface area contributed by atoms with Crippen LogP contribution in [0.5, 0.6) is 0 Å². The molecule has 0 saturated heterocycles. The Morgan fingerprint density at radius 3 is 2.65 bits per heavy atom. The van der Waals surface area contributed by atoms with Crippen molar-refractivity contribution < 1.29 is 4.79 Å². The fraction of sp³-hybridized carbons (Fsp3) is 0.167. The van der Waals surface area contributed by atoms with Crippen LogP contribution in [0.25, 0.3) is 10.4 Å². The summed E-state index contributed by atoms with van der Waals surface area (Å²) < 4.78 is 0. The molecule has 1 amide bonds. The number of nitrogens with zero attached hydrogens (tertiary/aromatic N) is 1. The maximum atomic E-state index is 11.3. The maximum Gasteiger partial charge on any atom is 0.268 e. The third kappa shape index (κ3) is 2.14. The molecule has 4 nitrogen and oxygen atoms in total. The lowest BCUT2D eigenvalue weighted by Crippen LogP contribution is -2.12. The van der Waals surface area contributed by atoms with E-state index in [1.54, 1.807) is 0 Å². The van der Waals surface area contributed by atoms with E-state index < -0.39 is 5.91 Å². The number of amides is 1. The lowest BCUT2D eigenvalue weighted by atomic mass is 10.0. The molecule has 0 aliphatic rings. The van der Waals surface area contributed by atoms with Crippen molar-refractivity contribution in [3.8, 4) is 10.4 Å². The van der Waals surface area contributed by atoms with Gasteiger partial charge in [0.15, 0.2) is 5.13 Å². The van der Waals surface area contributed by atoms with Crippen LogP contribution in [0, 0.1) is 13.8 Å². The number of hydrogen-bond acceptors (Lipinski definition) is 4. The van der Waals surface area contributed by atoms with Gasteiger partial charge in [0.2, 0.25) is 0 Å². The molecule has 0 fully saturated rings. The molecule has 1 heterocycles. The summed E-state index contributed by atoms with van der Waals surface area (Å²) >= 11 is 1.28. The number of rotatable bonds is 2. The molecule has 0 saturated carbocycles. The van der Waals surface area contributed by atoms with Crippen molar-refractivity contribution in [2.75, 3.05) is 5.73 Å². The van der Waals surface area contributed by atoms with Gasteiger partial charge < -0.3 is 11.5 Å². The van der Waals surface area contributed by atoms with Crippen LogP contribution < -0.4 is 11.5 Å². The number of thiazole rings is 1. The maximum absolute atomic E-state index is 11.3. The first-order chi connectivity index (χ1) is 7.99. The van der Waals surface area contributed by atoms with Gasteiger partial charge in [0.1, 0.15) is 5.69 Å². The summed E-state index contributed by atoms with van der Waals surface area (Å²) in [6, 6.07) is 6.00. The molecule has 0 bridgehead atoms. The van der Waals surface area contributed by atoms with E-state index in [2.05, 4.69) is 11.1 Å². The van der Waals surface area contributed by atoms with Crippen molar-refractivity contribution in [1.29, 1.82) is 0 Å². The van der Waals surface area contributed by atoms with Gasteiger partial charge in [-0.15, -0.1) is 0 Å². The number of aryl methyl sites for hydroxylation is 2. The summed E-state index contributed by atoms with van der Waals surface area (Å²) in [5.74, 6) is -0.548. The summed E-state index contributed by atoms with van der Waals surface area (Å²) in [4.78, 5) is 16.0. The van der Waals surface area contributed by atoms with E-state index in [-0.39, 0.29) is 5.69 Å². The van der Waals surface area contributed by atoms with E-state index in [0.29, 0.717) is 5.13 Å². The Bertz CT molecular complexity index is 589. The van der Waals surface area contributed by atoms with Crippen LogP contribution in [-0.2, 0) is 0 Å². The number of carbonyl (C=O) groups is 1. The number of hydrogen-bond donors (Lipinski definition) is 2. The van der Waals surface area contributed by atoms with Gasteiger partial charge in [-0.3, -0.25) is 4.79 Å². The number of nitrogens with two attached hydrogens (primary N) is 2. The minimum atomic E-state index is -0.548. The fourth-order valence-corrected chi connectivity index (χ4v) is 2.68. The van der Waals surface area contributed by atoms with Crippen LogP contribution in [0.4, 0.5) is 5.13 Å². The molecule has 0 aliphatic carbocycles. The third-order valence-corrected chi connectivity index (χ3v) is 3.42. The average molecular weight is 247 g/mol. The number of aromatic nitrogens is 1. The van der Waals surface area contributed by atoms with Crippen molar-refractivity contribution >= 4 is 22.4 Å². The van der Waals surface area contributed by atoms with Crippen LogP contribution in [0.1, 0.15) is 21.6 Å². The number of carbonyl (C=O) groups excluding carboxylic acids is 1. The molecule has 0 spiro atoms. The Hall–Kier alpha value is -1.88. The molecule has 5 heteroatoms. The van der Waals surface area contributed by atoms with Gasteiger partial charge in [0.25, 0.3) is 5.91 Å². The number of nitrogen functional groups attached to an aromatic ring is 1. The number of benzene rings is 1. The van der Waals surface area contributed by atoms with E-state index in [9.17, 15) is 4.79 Å². The summed E-state index contributed by atoms with van der Waals surface area (Å²) in [7, 11) is 0. The average Bonchev–Trinajstić information content (AvgIpc) is 2.60. The van der Waals surface area contributed by atoms with Crippen LogP contribution in [-0.4, -0.2) is 10.9 Å². The van der Waals surface area contributed by atoms with Crippen molar-refractivity contribution in [1.82, 2.24) is 4.98 Å². The molecule has 2 rings (SSSR count). The first kappa shape index (κ1) is 11.6. The van der Waals surface area contributed by atoms with Gasteiger partial charge in [0.05, 0.1) is 4.88 Å². The summed E-state index contributed by atoms with van der Waals surface area (Å²) in [6.07, 6.45) is 0. The van der Waals surface area contributed by atoms with Crippen molar-refractivity contribution in [3.05, 3.63) is 35.0 Å². The molecule has 0 aliphatic heterocycles. The second-order valence-corrected chi connectivity index (χ2v) is 4.94. The minimum Gasteiger partial charge on any atom is -0.375 e. The highest BCUT2D eigenvalue weighted by Crippen LogP contribution is 2.33. The Balaban J connectivity index is 2.63. The summed E-state index contributed by atoms with van der Waals surface area (Å²) in [6.45, 7) is 4.01. The Morgan fingerprint density at radius 1 is 1.35 bits per heavy atom. The fourth-order valence-electron chi connectivity index (χ4n) is 1.75. The van der Waals surface area contributed by atoms with Crippen molar-refractivity contribution in [2.24, 2.45) is 5.73 Å². The molecule has 17 heavy (non-hydrogen) atoms. The Morgan fingerprint density at radius 2 is 2.06 bits per heavy atom. The largest absolute Gasteiger partial charge is 0.375 e. The second-order valence-electron chi connectivity index (χ2n) is 3.91. The van der Waals surface area contributed by atoms with Crippen molar-refractivity contribution in [2.45, 2.75) is 13.8 Å². The SMILES string of the molecule is Cc1ccc(-c2sc(N)nc2C(N)=O)c(C)c1. The summed E-state index contributed by atoms with van der Waals surface area (Å²) in [5, 5.41) is 0.355. The van der Waals surface area contributed by atoms with Gasteiger partial charge in [0, 0.05) is 0 Å². The number of primary amides is 1. The molecule has 4 N–H and O–H groups in total. The molecule has 1 aromatic heterocycles. The van der Waals surface area contributed by atoms with E-state index in [4.69, 9.17) is 11.5 Å². The van der Waals surface area contributed by atoms with Gasteiger partial charge in [-0.05, 0) is 25.0 Å². The molecule has 88 valence electrons. The van der Waals surface area contributed by atoms with Gasteiger partial charge in [-0.1, -0.05) is 35.1 Å². The quantitative estimate of drug-likeness (QED) is 0.852. The van der Waals surface area contributed by atoms with Crippen LogP contribution >= 0.6 is 11.3 Å². The first-order valence-corrected chi connectivity index (χ1v) is 5.94. The standard InChI is InChI=1S/C12H13N3OS/c1-6-3-4-8(7(2)5-6)10-9(11(13)16)15-12(14)17-10/h3-5H,1-2H3,(H2,13,16)(H2,14,15). The molecule has 2 aromatic rings. The molecule has 0 radical (unpaired) electrons. The van der Waals surface area contributed by atoms with Gasteiger partial charge in [-0.2, -0.15) is 0 Å². The zero-order chi connectivity index (χ0) is 12.6. The Kier molecular flexibility index (Phi) is 2.85. The van der Waals surface area contributed by atoms with Crippen LogP contribution in [0.15, 0.2) is 18.2 Å². The lowest BCUT2D eigenvalue weighted by Gasteiger charge is -2.05. The number of anilines is 1. The zero-order valence-corrected chi connectivity index (χ0v) is 10.5. The topological polar surface area (TPSA) is 82.0 Å². The first-order valence-electron chi connectivity index (χ1n) is 5.12. The van der Waals surface area contributed by atoms with Crippen LogP contribution in [0.3, 0.4) is 0 Å². The predicted octanol–water partition coefficient (Wildman–Crippen LogP) is 2.11. The predicted molar refractivity (Wildman–Crippen MR) is 70.0 cm³/mol. The second kappa shape index (κ2) is 4.18. The molecular formula is C12H13N3OS. The smallest absolute Gasteiger partial charge is 0.268 e. The van der Waals surface area contributed by atoms with Gasteiger partial charge in [-0.25, -0.2) is 4.98 Å². The molecular weight excluding hydrogens is 234 g/mol. The van der Waals surface area contributed by atoms with Gasteiger partial charge >= 0.3 is 0 Å². The van der Waals surface area contributed by atoms with E-state index >= 15 is 0 Å². The molecule has 0 atom stereocenters. The van der Waals surface area contributed by atoms with E-state index in [0.717, 1.165) is 16.0 Å². The normalized spacial score (nSPS) is 10.5. The highest BCUT2D eigenvalue weighted by molar-refractivity contribution is 7.19. The lowest BCUT2D eigenvalue weighted by molar-refractivity contribution is 0.0997. The van der Waals surface area contributed by atoms with E-state index in [1.165, 1.54) is 16.9 Å². The third-order valence-electron chi connectivity index (χ3n) is 2.50. The summed E-state index contributed by atoms with van der Waals surface area (Å²) in [5.41, 5.74) is 14.4. The monoisotopic (exact) mass is 247 g/mol. The molecule has 1 aromatic carbocycles. The molecule has 0 unspecified atom stereocenters. The van der Waals surface area contributed by atoms with E-state index in [1.807, 2.05) is 26.0 Å². The highest BCUT2D eigenvalue weighted by atomic mass is 32.1. The zero-order valence-electron chi connectivity index (χ0n) is 9.65. The van der Waals surface area contributed by atoms with Crippen LogP contribution in [0.2, 0.25) is 0 Å². The van der Waals surface area contributed by atoms with Crippen molar-refractivity contribution in [3.63, 3.8) is 0 Å². The Labute approximate surface area is 103 Å².